The second kappa shape index (κ2) is 9.85. The molecule has 0 spiro atoms. The number of hydrogen-bond acceptors (Lipinski definition) is 7. The Morgan fingerprint density at radius 1 is 1.15 bits per heavy atom. The zero-order valence-corrected chi connectivity index (χ0v) is 15.7. The van der Waals surface area contributed by atoms with Crippen LogP contribution in [0.4, 0.5) is 0 Å². The van der Waals surface area contributed by atoms with Gasteiger partial charge in [0.1, 0.15) is 5.82 Å². The van der Waals surface area contributed by atoms with Gasteiger partial charge in [0.25, 0.3) is 0 Å². The summed E-state index contributed by atoms with van der Waals surface area (Å²) in [5.41, 5.74) is 1.89. The van der Waals surface area contributed by atoms with Crippen LogP contribution < -0.4 is 5.32 Å². The SMILES string of the molecule is COCCc1nccc(C[C@@H]2[C@@H](CO)[C@H](O)C[C@H]2NCc2ccccn2)n1. The summed E-state index contributed by atoms with van der Waals surface area (Å²) in [4.78, 5) is 13.3. The smallest absolute Gasteiger partial charge is 0.130 e. The third-order valence-electron chi connectivity index (χ3n) is 5.28. The van der Waals surface area contributed by atoms with Gasteiger partial charge in [0.2, 0.25) is 0 Å². The number of ether oxygens (including phenoxy) is 1. The van der Waals surface area contributed by atoms with E-state index >= 15 is 0 Å². The first-order valence-corrected chi connectivity index (χ1v) is 9.43. The van der Waals surface area contributed by atoms with Crippen LogP contribution in [-0.2, 0) is 24.1 Å². The van der Waals surface area contributed by atoms with Gasteiger partial charge in [-0.05, 0) is 37.0 Å². The first-order chi connectivity index (χ1) is 13.2. The van der Waals surface area contributed by atoms with Gasteiger partial charge in [-0.1, -0.05) is 6.07 Å². The van der Waals surface area contributed by atoms with Crippen LogP contribution in [0.2, 0.25) is 0 Å². The molecule has 0 radical (unpaired) electrons. The monoisotopic (exact) mass is 372 g/mol. The molecule has 0 bridgehead atoms. The number of nitrogens with zero attached hydrogens (tertiary/aromatic N) is 3. The summed E-state index contributed by atoms with van der Waals surface area (Å²) >= 11 is 0. The number of aliphatic hydroxyl groups is 2. The Bertz CT molecular complexity index is 701. The minimum Gasteiger partial charge on any atom is -0.396 e. The molecule has 7 heteroatoms. The van der Waals surface area contributed by atoms with Crippen LogP contribution in [0.15, 0.2) is 36.7 Å². The molecule has 2 aromatic heterocycles. The summed E-state index contributed by atoms with van der Waals surface area (Å²) < 4.78 is 5.10. The topological polar surface area (TPSA) is 100 Å². The van der Waals surface area contributed by atoms with E-state index in [1.807, 2.05) is 24.3 Å². The summed E-state index contributed by atoms with van der Waals surface area (Å²) in [7, 11) is 1.66. The second-order valence-corrected chi connectivity index (χ2v) is 7.03. The highest BCUT2D eigenvalue weighted by atomic mass is 16.5. The Kier molecular flexibility index (Phi) is 7.23. The summed E-state index contributed by atoms with van der Waals surface area (Å²) in [6.45, 7) is 1.18. The largest absolute Gasteiger partial charge is 0.396 e. The van der Waals surface area contributed by atoms with E-state index in [9.17, 15) is 10.2 Å². The minimum absolute atomic E-state index is 0.0325. The first-order valence-electron chi connectivity index (χ1n) is 9.43. The molecule has 3 rings (SSSR count). The van der Waals surface area contributed by atoms with Crippen molar-refractivity contribution in [2.45, 2.75) is 38.0 Å². The quantitative estimate of drug-likeness (QED) is 0.597. The Labute approximate surface area is 159 Å². The van der Waals surface area contributed by atoms with E-state index in [-0.39, 0.29) is 24.5 Å². The number of pyridine rings is 1. The number of nitrogens with one attached hydrogen (secondary N) is 1. The molecule has 0 saturated heterocycles. The molecule has 0 amide bonds. The van der Waals surface area contributed by atoms with Gasteiger partial charge in [0, 0.05) is 56.7 Å². The van der Waals surface area contributed by atoms with Gasteiger partial charge in [-0.15, -0.1) is 0 Å². The van der Waals surface area contributed by atoms with Crippen molar-refractivity contribution in [3.8, 4) is 0 Å². The molecule has 0 aliphatic heterocycles. The molecule has 4 atom stereocenters. The molecule has 1 saturated carbocycles. The van der Waals surface area contributed by atoms with E-state index < -0.39 is 6.10 Å². The van der Waals surface area contributed by atoms with Gasteiger partial charge in [0.15, 0.2) is 0 Å². The molecular weight excluding hydrogens is 344 g/mol. The lowest BCUT2D eigenvalue weighted by Crippen LogP contribution is -2.36. The maximum atomic E-state index is 10.4. The fourth-order valence-corrected chi connectivity index (χ4v) is 3.83. The fraction of sp³-hybridized carbons (Fsp3) is 0.550. The molecule has 7 nitrogen and oxygen atoms in total. The Hall–Kier alpha value is -1.93. The number of rotatable bonds is 9. The molecule has 2 heterocycles. The highest BCUT2D eigenvalue weighted by Crippen LogP contribution is 2.34. The average Bonchev–Trinajstić information content (AvgIpc) is 3.00. The Balaban J connectivity index is 1.69. The minimum atomic E-state index is -0.518. The third kappa shape index (κ3) is 5.29. The fourth-order valence-electron chi connectivity index (χ4n) is 3.83. The summed E-state index contributed by atoms with van der Waals surface area (Å²) in [5, 5.41) is 23.7. The predicted molar refractivity (Wildman–Crippen MR) is 101 cm³/mol. The van der Waals surface area contributed by atoms with Crippen LogP contribution in [0.1, 0.15) is 23.6 Å². The van der Waals surface area contributed by atoms with E-state index in [1.165, 1.54) is 0 Å². The van der Waals surface area contributed by atoms with Crippen molar-refractivity contribution in [2.24, 2.45) is 11.8 Å². The van der Waals surface area contributed by atoms with Crippen molar-refractivity contribution in [2.75, 3.05) is 20.3 Å². The van der Waals surface area contributed by atoms with Crippen molar-refractivity contribution in [1.82, 2.24) is 20.3 Å². The van der Waals surface area contributed by atoms with E-state index in [4.69, 9.17) is 4.74 Å². The molecule has 0 aromatic carbocycles. The van der Waals surface area contributed by atoms with E-state index in [2.05, 4.69) is 20.3 Å². The van der Waals surface area contributed by atoms with Crippen molar-refractivity contribution in [3.05, 3.63) is 53.9 Å². The van der Waals surface area contributed by atoms with Gasteiger partial charge in [-0.25, -0.2) is 9.97 Å². The maximum absolute atomic E-state index is 10.4. The molecule has 1 aliphatic carbocycles. The highest BCUT2D eigenvalue weighted by Gasteiger charge is 2.42. The van der Waals surface area contributed by atoms with Gasteiger partial charge in [-0.3, -0.25) is 4.98 Å². The second-order valence-electron chi connectivity index (χ2n) is 7.03. The van der Waals surface area contributed by atoms with Crippen molar-refractivity contribution in [1.29, 1.82) is 0 Å². The molecule has 27 heavy (non-hydrogen) atoms. The lowest BCUT2D eigenvalue weighted by atomic mass is 9.88. The standard InChI is InChI=1S/C20H28N4O3/c1-27-9-6-20-22-8-5-14(24-20)10-16-17(13-25)19(26)11-18(16)23-12-15-4-2-3-7-21-15/h2-5,7-8,16-19,23,25-26H,6,9-13H2,1H3/t16-,17-,18-,19-/m1/s1. The number of aliphatic hydroxyl groups excluding tert-OH is 2. The number of hydrogen-bond donors (Lipinski definition) is 3. The van der Waals surface area contributed by atoms with Crippen molar-refractivity contribution < 1.29 is 14.9 Å². The number of methoxy groups -OCH3 is 1. The lowest BCUT2D eigenvalue weighted by molar-refractivity contribution is 0.0716. The van der Waals surface area contributed by atoms with Gasteiger partial charge in [-0.2, -0.15) is 0 Å². The van der Waals surface area contributed by atoms with E-state index in [0.717, 1.165) is 17.2 Å². The van der Waals surface area contributed by atoms with Gasteiger partial charge < -0.3 is 20.3 Å². The summed E-state index contributed by atoms with van der Waals surface area (Å²) in [6.07, 6.45) is 4.99. The average molecular weight is 372 g/mol. The van der Waals surface area contributed by atoms with E-state index in [1.54, 1.807) is 19.5 Å². The van der Waals surface area contributed by atoms with Crippen LogP contribution in [0.25, 0.3) is 0 Å². The maximum Gasteiger partial charge on any atom is 0.130 e. The Morgan fingerprint density at radius 3 is 2.78 bits per heavy atom. The zero-order valence-electron chi connectivity index (χ0n) is 15.7. The molecular formula is C20H28N4O3. The summed E-state index contributed by atoms with van der Waals surface area (Å²) in [6, 6.07) is 7.83. The highest BCUT2D eigenvalue weighted by molar-refractivity contribution is 5.09. The van der Waals surface area contributed by atoms with Crippen LogP contribution in [0, 0.1) is 11.8 Å². The molecule has 2 aromatic rings. The van der Waals surface area contributed by atoms with E-state index in [0.29, 0.717) is 32.4 Å². The third-order valence-corrected chi connectivity index (χ3v) is 5.28. The molecule has 0 unspecified atom stereocenters. The van der Waals surface area contributed by atoms with Crippen LogP contribution in [-0.4, -0.2) is 57.6 Å². The number of aromatic nitrogens is 3. The van der Waals surface area contributed by atoms with Crippen molar-refractivity contribution in [3.63, 3.8) is 0 Å². The van der Waals surface area contributed by atoms with Crippen LogP contribution in [0.3, 0.4) is 0 Å². The lowest BCUT2D eigenvalue weighted by Gasteiger charge is -2.25. The Morgan fingerprint density at radius 2 is 2.04 bits per heavy atom. The van der Waals surface area contributed by atoms with Crippen LogP contribution >= 0.6 is 0 Å². The van der Waals surface area contributed by atoms with Gasteiger partial charge in [0.05, 0.1) is 18.4 Å². The first kappa shape index (κ1) is 19.8. The molecule has 1 fully saturated rings. The summed E-state index contributed by atoms with van der Waals surface area (Å²) in [5.74, 6) is 0.689. The zero-order chi connectivity index (χ0) is 19.1. The molecule has 1 aliphatic rings. The molecule has 3 N–H and O–H groups in total. The van der Waals surface area contributed by atoms with Crippen molar-refractivity contribution >= 4 is 0 Å². The van der Waals surface area contributed by atoms with Gasteiger partial charge >= 0.3 is 0 Å². The predicted octanol–water partition coefficient (Wildman–Crippen LogP) is 0.751. The van der Waals surface area contributed by atoms with Crippen LogP contribution in [0.5, 0.6) is 0 Å². The molecule has 146 valence electrons. The normalized spacial score (nSPS) is 25.0.